The van der Waals surface area contributed by atoms with Gasteiger partial charge in [-0.3, -0.25) is 10.1 Å². The van der Waals surface area contributed by atoms with E-state index in [0.29, 0.717) is 48.5 Å². The lowest BCUT2D eigenvalue weighted by Gasteiger charge is -2.20. The van der Waals surface area contributed by atoms with Crippen LogP contribution in [0.25, 0.3) is 22.2 Å². The van der Waals surface area contributed by atoms with Gasteiger partial charge in [0.15, 0.2) is 0 Å². The second-order valence-electron chi connectivity index (χ2n) is 8.99. The first-order valence-electron chi connectivity index (χ1n) is 12.7. The van der Waals surface area contributed by atoms with Gasteiger partial charge in [-0.1, -0.05) is 23.7 Å². The zero-order valence-electron chi connectivity index (χ0n) is 22.3. The molecule has 0 bridgehead atoms. The SMILES string of the molecule is CCOCC(CNC)Oc1cc(OC)c(Nc2ncc(Cl)c(-c3cn4c5c(cccc35)OCC4)n2)cc1[N+](=O)[O-]. The van der Waals surface area contributed by atoms with Crippen molar-refractivity contribution in [3.05, 3.63) is 57.9 Å². The van der Waals surface area contributed by atoms with Crippen molar-refractivity contribution in [2.24, 2.45) is 0 Å². The molecule has 0 radical (unpaired) electrons. The molecule has 2 aromatic heterocycles. The molecule has 210 valence electrons. The number of aromatic nitrogens is 3. The predicted molar refractivity (Wildman–Crippen MR) is 151 cm³/mol. The lowest BCUT2D eigenvalue weighted by Crippen LogP contribution is -2.33. The summed E-state index contributed by atoms with van der Waals surface area (Å²) in [6.45, 7) is 4.34. The molecular formula is C27H29ClN6O6. The lowest BCUT2D eigenvalue weighted by molar-refractivity contribution is -0.386. The van der Waals surface area contributed by atoms with E-state index >= 15 is 0 Å². The van der Waals surface area contributed by atoms with Gasteiger partial charge in [-0.05, 0) is 20.0 Å². The highest BCUT2D eigenvalue weighted by atomic mass is 35.5. The molecule has 1 aliphatic heterocycles. The number of nitrogens with one attached hydrogen (secondary N) is 2. The van der Waals surface area contributed by atoms with E-state index in [1.54, 1.807) is 7.05 Å². The Labute approximate surface area is 235 Å². The second-order valence-corrected chi connectivity index (χ2v) is 9.39. The van der Waals surface area contributed by atoms with Crippen molar-refractivity contribution < 1.29 is 23.9 Å². The Balaban J connectivity index is 1.50. The Morgan fingerprint density at radius 1 is 1.30 bits per heavy atom. The average Bonchev–Trinajstić information content (AvgIpc) is 3.33. The maximum absolute atomic E-state index is 12.0. The van der Waals surface area contributed by atoms with Crippen LogP contribution in [-0.2, 0) is 11.3 Å². The summed E-state index contributed by atoms with van der Waals surface area (Å²) in [5, 5.41) is 19.4. The first kappa shape index (κ1) is 27.4. The normalized spacial score (nSPS) is 13.1. The van der Waals surface area contributed by atoms with Crippen LogP contribution in [0.5, 0.6) is 17.2 Å². The zero-order valence-corrected chi connectivity index (χ0v) is 23.0. The Kier molecular flexibility index (Phi) is 8.19. The Hall–Kier alpha value is -4.13. The van der Waals surface area contributed by atoms with Crippen LogP contribution >= 0.6 is 11.6 Å². The first-order valence-corrected chi connectivity index (χ1v) is 13.1. The summed E-state index contributed by atoms with van der Waals surface area (Å²) in [7, 11) is 3.23. The molecule has 5 rings (SSSR count). The monoisotopic (exact) mass is 568 g/mol. The fourth-order valence-corrected chi connectivity index (χ4v) is 4.84. The summed E-state index contributed by atoms with van der Waals surface area (Å²) in [4.78, 5) is 20.5. The topological polar surface area (TPSA) is 135 Å². The highest BCUT2D eigenvalue weighted by molar-refractivity contribution is 6.33. The van der Waals surface area contributed by atoms with Crippen molar-refractivity contribution in [3.63, 3.8) is 0 Å². The molecule has 0 saturated heterocycles. The third-order valence-electron chi connectivity index (χ3n) is 6.41. The molecule has 0 aliphatic carbocycles. The Morgan fingerprint density at radius 3 is 2.90 bits per heavy atom. The van der Waals surface area contributed by atoms with Gasteiger partial charge in [0.05, 0.1) is 53.3 Å². The molecule has 40 heavy (non-hydrogen) atoms. The lowest BCUT2D eigenvalue weighted by atomic mass is 10.1. The molecule has 2 N–H and O–H groups in total. The third-order valence-corrected chi connectivity index (χ3v) is 6.68. The van der Waals surface area contributed by atoms with Crippen LogP contribution in [0.15, 0.2) is 42.7 Å². The second kappa shape index (κ2) is 11.9. The van der Waals surface area contributed by atoms with Crippen molar-refractivity contribution in [2.45, 2.75) is 19.6 Å². The third kappa shape index (κ3) is 5.46. The summed E-state index contributed by atoms with van der Waals surface area (Å²) in [6, 6.07) is 8.65. The van der Waals surface area contributed by atoms with E-state index in [4.69, 9.17) is 30.5 Å². The minimum Gasteiger partial charge on any atom is -0.494 e. The van der Waals surface area contributed by atoms with Gasteiger partial charge in [-0.2, -0.15) is 0 Å². The minimum atomic E-state index is -0.513. The highest BCUT2D eigenvalue weighted by Crippen LogP contribution is 2.41. The van der Waals surface area contributed by atoms with Crippen molar-refractivity contribution in [1.29, 1.82) is 0 Å². The van der Waals surface area contributed by atoms with E-state index in [0.717, 1.165) is 22.2 Å². The summed E-state index contributed by atoms with van der Waals surface area (Å²) in [5.41, 5.74) is 2.36. The summed E-state index contributed by atoms with van der Waals surface area (Å²) < 4.78 is 24.9. The minimum absolute atomic E-state index is 0.0569. The van der Waals surface area contributed by atoms with Gasteiger partial charge in [0.25, 0.3) is 0 Å². The van der Waals surface area contributed by atoms with Crippen LogP contribution in [0.4, 0.5) is 17.3 Å². The van der Waals surface area contributed by atoms with Crippen LogP contribution in [0.1, 0.15) is 6.92 Å². The van der Waals surface area contributed by atoms with Crippen LogP contribution < -0.4 is 24.8 Å². The van der Waals surface area contributed by atoms with E-state index in [9.17, 15) is 10.1 Å². The highest BCUT2D eigenvalue weighted by Gasteiger charge is 2.25. The number of nitro groups is 1. The molecule has 0 fully saturated rings. The number of methoxy groups -OCH3 is 1. The van der Waals surface area contributed by atoms with E-state index in [1.807, 2.05) is 31.3 Å². The predicted octanol–water partition coefficient (Wildman–Crippen LogP) is 4.81. The Morgan fingerprint density at radius 2 is 2.15 bits per heavy atom. The largest absolute Gasteiger partial charge is 0.494 e. The molecule has 4 aromatic rings. The van der Waals surface area contributed by atoms with E-state index in [2.05, 4.69) is 25.2 Å². The van der Waals surface area contributed by atoms with Crippen LogP contribution in [0.2, 0.25) is 5.02 Å². The molecule has 1 aliphatic rings. The van der Waals surface area contributed by atoms with Gasteiger partial charge in [-0.15, -0.1) is 0 Å². The average molecular weight is 569 g/mol. The van der Waals surface area contributed by atoms with Crippen LogP contribution in [0.3, 0.4) is 0 Å². The molecule has 1 atom stereocenters. The molecule has 1 unspecified atom stereocenters. The molecule has 0 amide bonds. The summed E-state index contributed by atoms with van der Waals surface area (Å²) in [5.74, 6) is 1.36. The molecule has 2 aromatic carbocycles. The number of hydrogen-bond donors (Lipinski definition) is 2. The number of para-hydroxylation sites is 1. The van der Waals surface area contributed by atoms with Gasteiger partial charge in [0.2, 0.25) is 11.7 Å². The van der Waals surface area contributed by atoms with Crippen molar-refractivity contribution in [1.82, 2.24) is 19.9 Å². The molecular weight excluding hydrogens is 540 g/mol. The number of benzene rings is 2. The number of likely N-dealkylation sites (N-methyl/N-ethyl adjacent to an activating group) is 1. The Bertz CT molecular complexity index is 1540. The zero-order chi connectivity index (χ0) is 28.2. The standard InChI is InChI=1S/C27H29ClN6O6/c1-4-38-15-16(12-29-2)40-24-11-23(37-3)20(10-21(24)34(35)36)31-27-30-13-19(28)25(32-27)18-14-33-8-9-39-22-7-5-6-17(18)26(22)33/h5-7,10-11,13-14,16,29H,4,8-9,12,15H2,1-3H3,(H,30,31,32). The number of hydrogen-bond acceptors (Lipinski definition) is 10. The van der Waals surface area contributed by atoms with Crippen molar-refractivity contribution in [2.75, 3.05) is 45.8 Å². The number of halogens is 1. The smallest absolute Gasteiger partial charge is 0.313 e. The first-order chi connectivity index (χ1) is 19.4. The fraction of sp³-hybridized carbons (Fsp3) is 0.333. The van der Waals surface area contributed by atoms with Gasteiger partial charge >= 0.3 is 5.69 Å². The van der Waals surface area contributed by atoms with Gasteiger partial charge < -0.3 is 34.1 Å². The fourth-order valence-electron chi connectivity index (χ4n) is 4.64. The molecule has 3 heterocycles. The summed E-state index contributed by atoms with van der Waals surface area (Å²) in [6.07, 6.45) is 3.04. The molecule has 13 heteroatoms. The molecule has 0 spiro atoms. The number of ether oxygens (including phenoxy) is 4. The van der Waals surface area contributed by atoms with E-state index in [1.165, 1.54) is 25.4 Å². The quantitative estimate of drug-likeness (QED) is 0.181. The van der Waals surface area contributed by atoms with Crippen LogP contribution in [0, 0.1) is 10.1 Å². The maximum atomic E-state index is 12.0. The van der Waals surface area contributed by atoms with Gasteiger partial charge in [0.1, 0.15) is 24.2 Å². The van der Waals surface area contributed by atoms with E-state index < -0.39 is 11.0 Å². The number of nitro benzene ring substituents is 1. The number of nitrogens with zero attached hydrogens (tertiary/aromatic N) is 4. The van der Waals surface area contributed by atoms with Crippen molar-refractivity contribution >= 4 is 39.8 Å². The molecule has 12 nitrogen and oxygen atoms in total. The summed E-state index contributed by atoms with van der Waals surface area (Å²) >= 11 is 6.56. The van der Waals surface area contributed by atoms with Crippen molar-refractivity contribution in [3.8, 4) is 28.5 Å². The van der Waals surface area contributed by atoms with Crippen LogP contribution in [-0.4, -0.2) is 66.1 Å². The number of anilines is 2. The maximum Gasteiger partial charge on any atom is 0.313 e. The van der Waals surface area contributed by atoms with Gasteiger partial charge in [0, 0.05) is 42.4 Å². The number of rotatable bonds is 12. The van der Waals surface area contributed by atoms with E-state index in [-0.39, 0.29) is 24.0 Å². The molecule has 0 saturated carbocycles. The van der Waals surface area contributed by atoms with Gasteiger partial charge in [-0.25, -0.2) is 9.97 Å².